The van der Waals surface area contributed by atoms with Crippen LogP contribution < -0.4 is 10.1 Å². The van der Waals surface area contributed by atoms with Gasteiger partial charge in [0, 0.05) is 12.2 Å². The van der Waals surface area contributed by atoms with Crippen molar-refractivity contribution in [3.63, 3.8) is 0 Å². The lowest BCUT2D eigenvalue weighted by Crippen LogP contribution is -2.15. The summed E-state index contributed by atoms with van der Waals surface area (Å²) in [6.07, 6.45) is 0. The Kier molecular flexibility index (Phi) is 6.65. The first-order valence-corrected chi connectivity index (χ1v) is 9.84. The third-order valence-corrected chi connectivity index (χ3v) is 4.99. The molecule has 0 aliphatic carbocycles. The van der Waals surface area contributed by atoms with Gasteiger partial charge in [-0.15, -0.1) is 10.2 Å². The van der Waals surface area contributed by atoms with Crippen molar-refractivity contribution in [3.8, 4) is 5.75 Å². The quantitative estimate of drug-likeness (QED) is 0.578. The topological polar surface area (TPSA) is 69.0 Å². The molecular formula is C20H21FN4O2S. The number of halogens is 1. The highest BCUT2D eigenvalue weighted by atomic mass is 32.2. The summed E-state index contributed by atoms with van der Waals surface area (Å²) in [5, 5.41) is 11.7. The van der Waals surface area contributed by atoms with Crippen LogP contribution in [0.3, 0.4) is 0 Å². The second-order valence-corrected chi connectivity index (χ2v) is 6.98. The molecule has 1 aromatic heterocycles. The monoisotopic (exact) mass is 400 g/mol. The van der Waals surface area contributed by atoms with Crippen molar-refractivity contribution in [1.29, 1.82) is 0 Å². The van der Waals surface area contributed by atoms with Crippen LogP contribution in [0.2, 0.25) is 0 Å². The van der Waals surface area contributed by atoms with Gasteiger partial charge in [-0.25, -0.2) is 4.39 Å². The van der Waals surface area contributed by atoms with Crippen molar-refractivity contribution in [2.45, 2.75) is 32.2 Å². The highest BCUT2D eigenvalue weighted by molar-refractivity contribution is 7.99. The molecule has 0 aliphatic rings. The summed E-state index contributed by atoms with van der Waals surface area (Å²) >= 11 is 1.28. The number of nitrogens with one attached hydrogen (secondary N) is 1. The van der Waals surface area contributed by atoms with Crippen LogP contribution in [-0.2, 0) is 17.9 Å². The van der Waals surface area contributed by atoms with E-state index in [2.05, 4.69) is 15.5 Å². The number of aromatic nitrogens is 3. The van der Waals surface area contributed by atoms with Gasteiger partial charge in [0.15, 0.2) is 11.0 Å². The van der Waals surface area contributed by atoms with Crippen LogP contribution in [0.1, 0.15) is 18.3 Å². The molecule has 0 radical (unpaired) electrons. The molecule has 3 aromatic rings. The number of carbonyl (C=O) groups excluding carboxylic acids is 1. The molecule has 1 amide bonds. The van der Waals surface area contributed by atoms with E-state index in [-0.39, 0.29) is 17.5 Å². The van der Waals surface area contributed by atoms with E-state index in [0.29, 0.717) is 29.8 Å². The number of hydrogen-bond acceptors (Lipinski definition) is 5. The third kappa shape index (κ3) is 5.10. The number of anilines is 1. The molecule has 146 valence electrons. The number of para-hydroxylation sites is 1. The normalized spacial score (nSPS) is 10.7. The maximum Gasteiger partial charge on any atom is 0.234 e. The van der Waals surface area contributed by atoms with Crippen LogP contribution in [-0.4, -0.2) is 26.4 Å². The van der Waals surface area contributed by atoms with Crippen molar-refractivity contribution in [2.75, 3.05) is 11.1 Å². The SMILES string of the molecule is CCn1c(COc2ccccc2)nnc1SCC(=O)Nc1cc(F)ccc1C. The van der Waals surface area contributed by atoms with E-state index in [9.17, 15) is 9.18 Å². The van der Waals surface area contributed by atoms with Crippen molar-refractivity contribution in [2.24, 2.45) is 0 Å². The minimum absolute atomic E-state index is 0.146. The van der Waals surface area contributed by atoms with E-state index < -0.39 is 0 Å². The van der Waals surface area contributed by atoms with Gasteiger partial charge >= 0.3 is 0 Å². The number of thioether (sulfide) groups is 1. The molecule has 0 atom stereocenters. The zero-order valence-corrected chi connectivity index (χ0v) is 16.5. The van der Waals surface area contributed by atoms with Crippen molar-refractivity contribution in [3.05, 3.63) is 65.7 Å². The lowest BCUT2D eigenvalue weighted by molar-refractivity contribution is -0.113. The third-order valence-electron chi connectivity index (χ3n) is 4.03. The van der Waals surface area contributed by atoms with Gasteiger partial charge in [-0.1, -0.05) is 36.0 Å². The van der Waals surface area contributed by atoms with Gasteiger partial charge in [-0.2, -0.15) is 0 Å². The molecule has 0 saturated heterocycles. The van der Waals surface area contributed by atoms with Crippen LogP contribution >= 0.6 is 11.8 Å². The van der Waals surface area contributed by atoms with E-state index in [0.717, 1.165) is 11.3 Å². The molecule has 2 aromatic carbocycles. The fourth-order valence-corrected chi connectivity index (χ4v) is 3.38. The molecule has 1 N–H and O–H groups in total. The Morgan fingerprint density at radius 1 is 1.21 bits per heavy atom. The minimum Gasteiger partial charge on any atom is -0.486 e. The number of ether oxygens (including phenoxy) is 1. The zero-order valence-electron chi connectivity index (χ0n) is 15.7. The zero-order chi connectivity index (χ0) is 19.9. The number of rotatable bonds is 8. The first-order valence-electron chi connectivity index (χ1n) is 8.85. The average Bonchev–Trinajstić information content (AvgIpc) is 3.10. The summed E-state index contributed by atoms with van der Waals surface area (Å²) < 4.78 is 21.0. The second kappa shape index (κ2) is 9.36. The summed E-state index contributed by atoms with van der Waals surface area (Å²) in [5.74, 6) is 0.976. The van der Waals surface area contributed by atoms with Gasteiger partial charge in [-0.05, 0) is 43.7 Å². The molecule has 0 spiro atoms. The molecular weight excluding hydrogens is 379 g/mol. The summed E-state index contributed by atoms with van der Waals surface area (Å²) in [6, 6.07) is 13.8. The summed E-state index contributed by atoms with van der Waals surface area (Å²) in [6.45, 7) is 4.75. The second-order valence-electron chi connectivity index (χ2n) is 6.04. The lowest BCUT2D eigenvalue weighted by Gasteiger charge is -2.10. The number of hydrogen-bond donors (Lipinski definition) is 1. The van der Waals surface area contributed by atoms with Gasteiger partial charge in [0.2, 0.25) is 5.91 Å². The van der Waals surface area contributed by atoms with Crippen molar-refractivity contribution >= 4 is 23.4 Å². The Bertz CT molecular complexity index is 947. The fraction of sp³-hybridized carbons (Fsp3) is 0.250. The molecule has 3 rings (SSSR count). The van der Waals surface area contributed by atoms with Gasteiger partial charge in [0.05, 0.1) is 5.75 Å². The Morgan fingerprint density at radius 3 is 2.75 bits per heavy atom. The molecule has 8 heteroatoms. The Labute approximate surface area is 167 Å². The fourth-order valence-electron chi connectivity index (χ4n) is 2.56. The Morgan fingerprint density at radius 2 is 2.00 bits per heavy atom. The van der Waals surface area contributed by atoms with E-state index in [1.807, 2.05) is 48.7 Å². The van der Waals surface area contributed by atoms with Crippen LogP contribution in [0.4, 0.5) is 10.1 Å². The lowest BCUT2D eigenvalue weighted by atomic mass is 10.2. The first kappa shape index (κ1) is 19.9. The van der Waals surface area contributed by atoms with E-state index >= 15 is 0 Å². The Balaban J connectivity index is 1.59. The maximum atomic E-state index is 13.4. The minimum atomic E-state index is -0.387. The predicted molar refractivity (Wildman–Crippen MR) is 107 cm³/mol. The summed E-state index contributed by atoms with van der Waals surface area (Å²) in [7, 11) is 0. The number of benzene rings is 2. The molecule has 1 heterocycles. The Hall–Kier alpha value is -2.87. The van der Waals surface area contributed by atoms with Crippen molar-refractivity contribution in [1.82, 2.24) is 14.8 Å². The van der Waals surface area contributed by atoms with Crippen LogP contribution in [0.25, 0.3) is 0 Å². The first-order chi connectivity index (χ1) is 13.6. The van der Waals surface area contributed by atoms with Crippen LogP contribution in [0.5, 0.6) is 5.75 Å². The molecule has 6 nitrogen and oxygen atoms in total. The molecule has 0 bridgehead atoms. The smallest absolute Gasteiger partial charge is 0.234 e. The number of aryl methyl sites for hydroxylation is 1. The van der Waals surface area contributed by atoms with E-state index in [1.165, 1.54) is 23.9 Å². The van der Waals surface area contributed by atoms with Gasteiger partial charge in [-0.3, -0.25) is 4.79 Å². The maximum absolute atomic E-state index is 13.4. The number of carbonyl (C=O) groups is 1. The summed E-state index contributed by atoms with van der Waals surface area (Å²) in [4.78, 5) is 12.2. The average molecular weight is 400 g/mol. The summed E-state index contributed by atoms with van der Waals surface area (Å²) in [5.41, 5.74) is 1.27. The van der Waals surface area contributed by atoms with Crippen molar-refractivity contribution < 1.29 is 13.9 Å². The number of nitrogens with zero attached hydrogens (tertiary/aromatic N) is 3. The molecule has 0 fully saturated rings. The van der Waals surface area contributed by atoms with E-state index in [1.54, 1.807) is 6.07 Å². The highest BCUT2D eigenvalue weighted by Gasteiger charge is 2.14. The number of amides is 1. The molecule has 0 unspecified atom stereocenters. The standard InChI is InChI=1S/C20H21FN4O2S/c1-3-25-18(12-27-16-7-5-4-6-8-16)23-24-20(25)28-13-19(26)22-17-11-15(21)10-9-14(17)2/h4-11H,3,12-13H2,1-2H3,(H,22,26). The predicted octanol–water partition coefficient (Wildman–Crippen LogP) is 4.06. The molecule has 0 aliphatic heterocycles. The molecule has 28 heavy (non-hydrogen) atoms. The van der Waals surface area contributed by atoms with E-state index in [4.69, 9.17) is 4.74 Å². The van der Waals surface area contributed by atoms with Gasteiger partial charge < -0.3 is 14.6 Å². The van der Waals surface area contributed by atoms with Gasteiger partial charge in [0.1, 0.15) is 18.2 Å². The van der Waals surface area contributed by atoms with Crippen LogP contribution in [0.15, 0.2) is 53.7 Å². The highest BCUT2D eigenvalue weighted by Crippen LogP contribution is 2.20. The largest absolute Gasteiger partial charge is 0.486 e. The molecule has 0 saturated carbocycles. The van der Waals surface area contributed by atoms with Gasteiger partial charge in [0.25, 0.3) is 0 Å². The van der Waals surface area contributed by atoms with Crippen LogP contribution in [0, 0.1) is 12.7 Å².